The predicted octanol–water partition coefficient (Wildman–Crippen LogP) is 0.940. The van der Waals surface area contributed by atoms with Crippen LogP contribution >= 0.6 is 0 Å². The van der Waals surface area contributed by atoms with Crippen LogP contribution in [0.1, 0.15) is 15.9 Å². The van der Waals surface area contributed by atoms with Crippen LogP contribution in [-0.2, 0) is 0 Å². The summed E-state index contributed by atoms with van der Waals surface area (Å²) in [5.41, 5.74) is 1.61. The Kier molecular flexibility index (Phi) is 2.55. The second-order valence-corrected chi connectivity index (χ2v) is 3.20. The maximum absolute atomic E-state index is 10.8. The van der Waals surface area contributed by atoms with Gasteiger partial charge in [0.1, 0.15) is 0 Å². The lowest BCUT2D eigenvalue weighted by Gasteiger charge is -2.02. The van der Waals surface area contributed by atoms with E-state index < -0.39 is 5.97 Å². The van der Waals surface area contributed by atoms with Gasteiger partial charge in [0.25, 0.3) is 0 Å². The van der Waals surface area contributed by atoms with Crippen molar-refractivity contribution in [2.75, 3.05) is 0 Å². The summed E-state index contributed by atoms with van der Waals surface area (Å²) >= 11 is 0. The lowest BCUT2D eigenvalue weighted by atomic mass is 10.1. The van der Waals surface area contributed by atoms with Crippen molar-refractivity contribution < 1.29 is 9.90 Å². The Hall–Kier alpha value is -2.37. The van der Waals surface area contributed by atoms with E-state index in [1.165, 1.54) is 12.4 Å². The number of carboxylic acids is 1. The molecule has 6 heteroatoms. The largest absolute Gasteiger partial charge is 0.478 e. The summed E-state index contributed by atoms with van der Waals surface area (Å²) < 4.78 is 0. The van der Waals surface area contributed by atoms with Gasteiger partial charge >= 0.3 is 5.97 Å². The highest BCUT2D eigenvalue weighted by molar-refractivity contribution is 5.90. The summed E-state index contributed by atoms with van der Waals surface area (Å²) in [5.74, 6) is -0.572. The van der Waals surface area contributed by atoms with E-state index in [2.05, 4.69) is 20.4 Å². The second-order valence-electron chi connectivity index (χ2n) is 3.20. The van der Waals surface area contributed by atoms with Crippen molar-refractivity contribution >= 4 is 5.97 Å². The minimum absolute atomic E-state index is 0.264. The molecule has 1 aromatic carbocycles. The van der Waals surface area contributed by atoms with Gasteiger partial charge in [0.15, 0.2) is 6.33 Å². The van der Waals surface area contributed by atoms with E-state index in [0.29, 0.717) is 17.0 Å². The summed E-state index contributed by atoms with van der Waals surface area (Å²) in [6, 6.07) is 4.85. The van der Waals surface area contributed by atoms with Crippen LogP contribution < -0.4 is 0 Å². The Bertz CT molecular complexity index is 528. The van der Waals surface area contributed by atoms with Gasteiger partial charge in [0.2, 0.25) is 5.82 Å². The Balaban J connectivity index is 2.46. The van der Waals surface area contributed by atoms with Crippen molar-refractivity contribution in [2.45, 2.75) is 6.92 Å². The number of rotatable bonds is 2. The monoisotopic (exact) mass is 216 g/mol. The van der Waals surface area contributed by atoms with Gasteiger partial charge in [0, 0.05) is 5.56 Å². The molecule has 0 saturated heterocycles. The molecule has 0 atom stereocenters. The first-order valence-electron chi connectivity index (χ1n) is 4.53. The Labute approximate surface area is 91.0 Å². The van der Waals surface area contributed by atoms with Crippen molar-refractivity contribution in [1.29, 1.82) is 0 Å². The highest BCUT2D eigenvalue weighted by Crippen LogP contribution is 2.17. The first kappa shape index (κ1) is 10.2. The third-order valence-corrected chi connectivity index (χ3v) is 2.12. The van der Waals surface area contributed by atoms with Crippen molar-refractivity contribution in [1.82, 2.24) is 20.4 Å². The van der Waals surface area contributed by atoms with Gasteiger partial charge in [-0.3, -0.25) is 0 Å². The topological polar surface area (TPSA) is 88.9 Å². The number of carboxylic acid groups (broad SMARTS) is 1. The molecule has 1 heterocycles. The van der Waals surface area contributed by atoms with Gasteiger partial charge in [-0.2, -0.15) is 0 Å². The standard InChI is InChI=1S/C10H8N4O2/c1-6-4-7(2-3-8(6)10(15)16)9-13-11-5-12-14-9/h2-5H,1H3,(H,15,16). The molecule has 0 aliphatic carbocycles. The minimum atomic E-state index is -0.950. The lowest BCUT2D eigenvalue weighted by Crippen LogP contribution is -2.00. The molecule has 0 amide bonds. The number of aryl methyl sites for hydroxylation is 1. The molecule has 0 aliphatic heterocycles. The molecule has 1 aromatic heterocycles. The fourth-order valence-corrected chi connectivity index (χ4v) is 1.36. The quantitative estimate of drug-likeness (QED) is 0.803. The van der Waals surface area contributed by atoms with Crippen LogP contribution in [0.3, 0.4) is 0 Å². The molecule has 0 bridgehead atoms. The molecule has 0 unspecified atom stereocenters. The smallest absolute Gasteiger partial charge is 0.335 e. The van der Waals surface area contributed by atoms with Crippen molar-refractivity contribution in [3.05, 3.63) is 35.7 Å². The van der Waals surface area contributed by atoms with E-state index in [-0.39, 0.29) is 5.56 Å². The summed E-state index contributed by atoms with van der Waals surface area (Å²) in [5, 5.41) is 23.7. The van der Waals surface area contributed by atoms with E-state index in [0.717, 1.165) is 0 Å². The molecule has 0 saturated carbocycles. The van der Waals surface area contributed by atoms with Gasteiger partial charge in [-0.15, -0.1) is 20.4 Å². The van der Waals surface area contributed by atoms with E-state index in [1.807, 2.05) is 0 Å². The van der Waals surface area contributed by atoms with Gasteiger partial charge in [-0.25, -0.2) is 4.79 Å². The maximum atomic E-state index is 10.8. The average Bonchev–Trinajstić information content (AvgIpc) is 2.29. The van der Waals surface area contributed by atoms with Crippen LogP contribution in [0.4, 0.5) is 0 Å². The zero-order valence-corrected chi connectivity index (χ0v) is 8.45. The summed E-state index contributed by atoms with van der Waals surface area (Å²) in [7, 11) is 0. The maximum Gasteiger partial charge on any atom is 0.335 e. The van der Waals surface area contributed by atoms with E-state index in [9.17, 15) is 4.79 Å². The van der Waals surface area contributed by atoms with Crippen molar-refractivity contribution in [2.24, 2.45) is 0 Å². The molecule has 2 aromatic rings. The lowest BCUT2D eigenvalue weighted by molar-refractivity contribution is 0.0696. The zero-order chi connectivity index (χ0) is 11.5. The molecular weight excluding hydrogens is 208 g/mol. The number of carbonyl (C=O) groups is 1. The molecule has 0 spiro atoms. The average molecular weight is 216 g/mol. The van der Waals surface area contributed by atoms with E-state index >= 15 is 0 Å². The van der Waals surface area contributed by atoms with Crippen LogP contribution in [0.5, 0.6) is 0 Å². The fraction of sp³-hybridized carbons (Fsp3) is 0.100. The molecular formula is C10H8N4O2. The zero-order valence-electron chi connectivity index (χ0n) is 8.45. The number of hydrogen-bond acceptors (Lipinski definition) is 5. The molecule has 1 N–H and O–H groups in total. The van der Waals surface area contributed by atoms with Gasteiger partial charge in [-0.1, -0.05) is 6.07 Å². The Morgan fingerprint density at radius 3 is 2.50 bits per heavy atom. The molecule has 16 heavy (non-hydrogen) atoms. The van der Waals surface area contributed by atoms with Crippen LogP contribution in [0, 0.1) is 6.92 Å². The Morgan fingerprint density at radius 2 is 1.94 bits per heavy atom. The molecule has 0 aliphatic rings. The van der Waals surface area contributed by atoms with Crippen LogP contribution in [-0.4, -0.2) is 31.5 Å². The third kappa shape index (κ3) is 1.85. The summed E-state index contributed by atoms with van der Waals surface area (Å²) in [6.07, 6.45) is 1.24. The second kappa shape index (κ2) is 4.01. The summed E-state index contributed by atoms with van der Waals surface area (Å²) in [4.78, 5) is 10.8. The number of nitrogens with zero attached hydrogens (tertiary/aromatic N) is 4. The van der Waals surface area contributed by atoms with Crippen LogP contribution in [0.15, 0.2) is 24.5 Å². The minimum Gasteiger partial charge on any atom is -0.478 e. The highest BCUT2D eigenvalue weighted by atomic mass is 16.4. The number of benzene rings is 1. The number of aromatic nitrogens is 4. The van der Waals surface area contributed by atoms with E-state index in [1.54, 1.807) is 19.1 Å². The molecule has 0 fully saturated rings. The van der Waals surface area contributed by atoms with Crippen LogP contribution in [0.25, 0.3) is 11.4 Å². The van der Waals surface area contributed by atoms with Crippen LogP contribution in [0.2, 0.25) is 0 Å². The van der Waals surface area contributed by atoms with Gasteiger partial charge < -0.3 is 5.11 Å². The van der Waals surface area contributed by atoms with Crippen molar-refractivity contribution in [3.8, 4) is 11.4 Å². The molecule has 0 radical (unpaired) electrons. The number of aromatic carboxylic acids is 1. The first-order valence-corrected chi connectivity index (χ1v) is 4.53. The number of hydrogen-bond donors (Lipinski definition) is 1. The predicted molar refractivity (Wildman–Crippen MR) is 54.8 cm³/mol. The highest BCUT2D eigenvalue weighted by Gasteiger charge is 2.09. The third-order valence-electron chi connectivity index (χ3n) is 2.12. The molecule has 6 nitrogen and oxygen atoms in total. The first-order chi connectivity index (χ1) is 7.68. The fourth-order valence-electron chi connectivity index (χ4n) is 1.36. The van der Waals surface area contributed by atoms with Gasteiger partial charge in [-0.05, 0) is 24.6 Å². The van der Waals surface area contributed by atoms with Gasteiger partial charge in [0.05, 0.1) is 5.56 Å². The van der Waals surface area contributed by atoms with Crippen molar-refractivity contribution in [3.63, 3.8) is 0 Å². The molecule has 80 valence electrons. The van der Waals surface area contributed by atoms with E-state index in [4.69, 9.17) is 5.11 Å². The Morgan fingerprint density at radius 1 is 1.25 bits per heavy atom. The SMILES string of the molecule is Cc1cc(-c2nncnn2)ccc1C(=O)O. The summed E-state index contributed by atoms with van der Waals surface area (Å²) in [6.45, 7) is 1.72. The molecule has 2 rings (SSSR count). The normalized spacial score (nSPS) is 10.1.